The molecular weight excluding hydrogens is 424 g/mol. The minimum atomic E-state index is 0.324. The van der Waals surface area contributed by atoms with Gasteiger partial charge in [0.2, 0.25) is 0 Å². The van der Waals surface area contributed by atoms with Crippen molar-refractivity contribution in [3.63, 3.8) is 0 Å². The first-order valence-electron chi connectivity index (χ1n) is 11.5. The number of nitrogens with one attached hydrogen (secondary N) is 1. The maximum Gasteiger partial charge on any atom is 0.320 e. The second kappa shape index (κ2) is 10.3. The second-order valence-electron chi connectivity index (χ2n) is 8.27. The third kappa shape index (κ3) is 5.35. The molecule has 33 heavy (non-hydrogen) atoms. The molecule has 2 saturated heterocycles. The smallest absolute Gasteiger partial charge is 0.320 e. The van der Waals surface area contributed by atoms with Gasteiger partial charge in [-0.2, -0.15) is 15.1 Å². The van der Waals surface area contributed by atoms with Gasteiger partial charge in [-0.1, -0.05) is 12.1 Å². The fraction of sp³-hybridized carbons (Fsp3) is 0.522. The maximum atomic E-state index is 10.1. The molecule has 176 valence electrons. The number of ether oxygens (including phenoxy) is 3. The van der Waals surface area contributed by atoms with E-state index < -0.39 is 0 Å². The molecule has 3 aliphatic rings. The van der Waals surface area contributed by atoms with Crippen LogP contribution in [-0.2, 0) is 15.9 Å². The van der Waals surface area contributed by atoms with Gasteiger partial charge in [0.25, 0.3) is 0 Å². The molecule has 0 spiro atoms. The molecule has 0 bridgehead atoms. The standard InChI is InChI=1S/C23H30N6O4/c30-20-3-1-2-17-18(20)4-5-19(17)26-27-21-16-22(29-9-13-32-14-10-29)25-23(24-21)33-15-8-28-6-11-31-12-7-28/h1-3,16,30H,4-15H2,(H,24,25,27)/b26-19+. The third-order valence-corrected chi connectivity index (χ3v) is 6.15. The van der Waals surface area contributed by atoms with Crippen molar-refractivity contribution in [1.29, 1.82) is 0 Å². The average Bonchev–Trinajstić information content (AvgIpc) is 3.28. The number of rotatable bonds is 7. The number of hydrogen-bond acceptors (Lipinski definition) is 10. The van der Waals surface area contributed by atoms with Crippen LogP contribution < -0.4 is 15.1 Å². The topological polar surface area (TPSA) is 105 Å². The second-order valence-corrected chi connectivity index (χ2v) is 8.27. The zero-order valence-corrected chi connectivity index (χ0v) is 18.7. The highest BCUT2D eigenvalue weighted by molar-refractivity contribution is 6.05. The molecule has 3 heterocycles. The van der Waals surface area contributed by atoms with E-state index in [-0.39, 0.29) is 0 Å². The van der Waals surface area contributed by atoms with Gasteiger partial charge in [-0.15, -0.1) is 0 Å². The number of hydrogen-bond donors (Lipinski definition) is 2. The lowest BCUT2D eigenvalue weighted by atomic mass is 10.1. The highest BCUT2D eigenvalue weighted by Gasteiger charge is 2.21. The van der Waals surface area contributed by atoms with Gasteiger partial charge in [0, 0.05) is 49.9 Å². The molecular formula is C23H30N6O4. The molecule has 0 unspecified atom stereocenters. The van der Waals surface area contributed by atoms with E-state index in [0.717, 1.165) is 81.4 Å². The lowest BCUT2D eigenvalue weighted by Gasteiger charge is -2.28. The highest BCUT2D eigenvalue weighted by atomic mass is 16.5. The molecule has 0 radical (unpaired) electrons. The van der Waals surface area contributed by atoms with Crippen molar-refractivity contribution in [2.45, 2.75) is 12.8 Å². The van der Waals surface area contributed by atoms with Gasteiger partial charge in [-0.3, -0.25) is 10.3 Å². The largest absolute Gasteiger partial charge is 0.508 e. The fourth-order valence-electron chi connectivity index (χ4n) is 4.31. The Morgan fingerprint density at radius 3 is 2.64 bits per heavy atom. The number of phenolic OH excluding ortho intramolecular Hbond substituents is 1. The summed E-state index contributed by atoms with van der Waals surface area (Å²) in [6.45, 7) is 7.54. The summed E-state index contributed by atoms with van der Waals surface area (Å²) in [6.07, 6.45) is 1.55. The molecule has 1 aromatic carbocycles. The van der Waals surface area contributed by atoms with Crippen LogP contribution in [-0.4, -0.2) is 91.4 Å². The fourth-order valence-corrected chi connectivity index (χ4v) is 4.31. The summed E-state index contributed by atoms with van der Waals surface area (Å²) < 4.78 is 16.8. The number of aromatic nitrogens is 2. The van der Waals surface area contributed by atoms with E-state index in [4.69, 9.17) is 14.2 Å². The van der Waals surface area contributed by atoms with Crippen molar-refractivity contribution in [2.24, 2.45) is 5.10 Å². The van der Waals surface area contributed by atoms with Crippen molar-refractivity contribution >= 4 is 17.3 Å². The molecule has 0 saturated carbocycles. The molecule has 10 nitrogen and oxygen atoms in total. The van der Waals surface area contributed by atoms with Gasteiger partial charge in [-0.05, 0) is 18.9 Å². The summed E-state index contributed by atoms with van der Waals surface area (Å²) in [7, 11) is 0. The molecule has 10 heteroatoms. The van der Waals surface area contributed by atoms with Crippen molar-refractivity contribution in [2.75, 3.05) is 76.1 Å². The summed E-state index contributed by atoms with van der Waals surface area (Å²) in [6, 6.07) is 7.77. The SMILES string of the molecule is Oc1cccc2c1CC/C2=N\Nc1cc(N2CCOCC2)nc(OCCN2CCOCC2)n1. The van der Waals surface area contributed by atoms with Crippen molar-refractivity contribution < 1.29 is 19.3 Å². The average molecular weight is 455 g/mol. The minimum Gasteiger partial charge on any atom is -0.508 e. The predicted molar refractivity (Wildman–Crippen MR) is 124 cm³/mol. The Bertz CT molecular complexity index is 989. The number of aromatic hydroxyl groups is 1. The zero-order chi connectivity index (χ0) is 22.5. The van der Waals surface area contributed by atoms with Crippen molar-refractivity contribution in [3.05, 3.63) is 35.4 Å². The van der Waals surface area contributed by atoms with E-state index in [9.17, 15) is 5.11 Å². The molecule has 2 fully saturated rings. The van der Waals surface area contributed by atoms with Crippen LogP contribution in [0, 0.1) is 0 Å². The van der Waals surface area contributed by atoms with E-state index in [1.165, 1.54) is 0 Å². The Morgan fingerprint density at radius 1 is 1.03 bits per heavy atom. The molecule has 0 amide bonds. The van der Waals surface area contributed by atoms with Gasteiger partial charge in [-0.25, -0.2) is 0 Å². The third-order valence-electron chi connectivity index (χ3n) is 6.15. The Balaban J connectivity index is 1.31. The number of phenols is 1. The quantitative estimate of drug-likeness (QED) is 0.602. The monoisotopic (exact) mass is 454 g/mol. The lowest BCUT2D eigenvalue weighted by molar-refractivity contribution is 0.0317. The maximum absolute atomic E-state index is 10.1. The highest BCUT2D eigenvalue weighted by Crippen LogP contribution is 2.30. The van der Waals surface area contributed by atoms with E-state index >= 15 is 0 Å². The van der Waals surface area contributed by atoms with Crippen LogP contribution in [0.5, 0.6) is 11.8 Å². The summed E-state index contributed by atoms with van der Waals surface area (Å²) in [5.41, 5.74) is 5.93. The number of nitrogens with zero attached hydrogens (tertiary/aromatic N) is 5. The molecule has 2 N–H and O–H groups in total. The van der Waals surface area contributed by atoms with Crippen LogP contribution in [0.15, 0.2) is 29.4 Å². The summed E-state index contributed by atoms with van der Waals surface area (Å²) in [5.74, 6) is 1.70. The Kier molecular flexibility index (Phi) is 6.84. The predicted octanol–water partition coefficient (Wildman–Crippen LogP) is 1.49. The Hall–Kier alpha value is -2.95. The number of hydrazone groups is 1. The van der Waals surface area contributed by atoms with Crippen molar-refractivity contribution in [1.82, 2.24) is 14.9 Å². The van der Waals surface area contributed by atoms with Crippen LogP contribution in [0.25, 0.3) is 0 Å². The zero-order valence-electron chi connectivity index (χ0n) is 18.7. The molecule has 1 aromatic heterocycles. The first kappa shape index (κ1) is 21.9. The summed E-state index contributed by atoms with van der Waals surface area (Å²) in [4.78, 5) is 13.7. The molecule has 0 atom stereocenters. The number of morpholine rings is 2. The van der Waals surface area contributed by atoms with Gasteiger partial charge >= 0.3 is 6.01 Å². The van der Waals surface area contributed by atoms with Gasteiger partial charge in [0.15, 0.2) is 5.82 Å². The van der Waals surface area contributed by atoms with Crippen LogP contribution in [0.4, 0.5) is 11.6 Å². The van der Waals surface area contributed by atoms with Crippen LogP contribution in [0.1, 0.15) is 17.5 Å². The Labute approximate surface area is 193 Å². The molecule has 2 aliphatic heterocycles. The minimum absolute atomic E-state index is 0.324. The van der Waals surface area contributed by atoms with Gasteiger partial charge < -0.3 is 24.2 Å². The number of anilines is 2. The number of fused-ring (bicyclic) bond motifs is 1. The molecule has 5 rings (SSSR count). The van der Waals surface area contributed by atoms with Crippen LogP contribution in [0.3, 0.4) is 0 Å². The number of benzene rings is 1. The normalized spacial score (nSPS) is 20.1. The van der Waals surface area contributed by atoms with Crippen molar-refractivity contribution in [3.8, 4) is 11.8 Å². The Morgan fingerprint density at radius 2 is 1.82 bits per heavy atom. The van der Waals surface area contributed by atoms with Crippen LogP contribution in [0.2, 0.25) is 0 Å². The molecule has 1 aliphatic carbocycles. The molecule has 2 aromatic rings. The van der Waals surface area contributed by atoms with Gasteiger partial charge in [0.1, 0.15) is 18.2 Å². The van der Waals surface area contributed by atoms with E-state index in [2.05, 4.69) is 30.3 Å². The van der Waals surface area contributed by atoms with E-state index in [1.54, 1.807) is 6.07 Å². The van der Waals surface area contributed by atoms with Crippen LogP contribution >= 0.6 is 0 Å². The van der Waals surface area contributed by atoms with Gasteiger partial charge in [0.05, 0.1) is 32.1 Å². The lowest BCUT2D eigenvalue weighted by Crippen LogP contribution is -2.39. The van der Waals surface area contributed by atoms with E-state index in [1.807, 2.05) is 18.2 Å². The summed E-state index contributed by atoms with van der Waals surface area (Å²) >= 11 is 0. The van der Waals surface area contributed by atoms with E-state index in [0.29, 0.717) is 37.4 Å². The first-order valence-corrected chi connectivity index (χ1v) is 11.5. The summed E-state index contributed by atoms with van der Waals surface area (Å²) in [5, 5.41) is 14.7. The first-order chi connectivity index (χ1) is 16.3.